The van der Waals surface area contributed by atoms with E-state index in [0.717, 1.165) is 73.5 Å². The average molecular weight is 580 g/mol. The molecule has 0 bridgehead atoms. The van der Waals surface area contributed by atoms with Gasteiger partial charge >= 0.3 is 0 Å². The number of nitrogens with one attached hydrogen (secondary N) is 3. The summed E-state index contributed by atoms with van der Waals surface area (Å²) in [5.41, 5.74) is 6.25. The summed E-state index contributed by atoms with van der Waals surface area (Å²) in [5.74, 6) is -1.02. The number of piperidine rings is 1. The highest BCUT2D eigenvalue weighted by Gasteiger charge is 2.24. The molecule has 0 spiro atoms. The Kier molecular flexibility index (Phi) is 11.1. The van der Waals surface area contributed by atoms with Crippen molar-refractivity contribution in [2.24, 2.45) is 0 Å². The fraction of sp³-hybridized carbons (Fsp3) is 0.455. The molecule has 2 saturated heterocycles. The summed E-state index contributed by atoms with van der Waals surface area (Å²) in [4.78, 5) is 32.1. The maximum atomic E-state index is 15.1. The highest BCUT2D eigenvalue weighted by atomic mass is 19.1. The zero-order valence-corrected chi connectivity index (χ0v) is 25.0. The molecule has 2 fully saturated rings. The number of carbonyl (C=O) groups excluding carboxylic acids is 2. The summed E-state index contributed by atoms with van der Waals surface area (Å²) in [6.45, 7) is 10.9. The number of aryl methyl sites for hydroxylation is 1. The monoisotopic (exact) mass is 579 g/mol. The van der Waals surface area contributed by atoms with Crippen LogP contribution in [0.4, 0.5) is 8.78 Å². The molecule has 7 nitrogen and oxygen atoms in total. The van der Waals surface area contributed by atoms with Crippen molar-refractivity contribution < 1.29 is 18.4 Å². The number of hydrogen-bond acceptors (Lipinski definition) is 4. The van der Waals surface area contributed by atoms with Crippen LogP contribution in [-0.2, 0) is 22.6 Å². The number of aromatic nitrogens is 1. The first-order valence-corrected chi connectivity index (χ1v) is 14.9. The van der Waals surface area contributed by atoms with E-state index in [1.165, 1.54) is 37.5 Å². The zero-order valence-electron chi connectivity index (χ0n) is 25.0. The van der Waals surface area contributed by atoms with Gasteiger partial charge in [0.15, 0.2) is 0 Å². The van der Waals surface area contributed by atoms with Gasteiger partial charge in [-0.1, -0.05) is 18.6 Å². The number of halogens is 2. The van der Waals surface area contributed by atoms with Crippen LogP contribution in [0.5, 0.6) is 0 Å². The minimum atomic E-state index is -0.463. The number of rotatable bonds is 13. The van der Waals surface area contributed by atoms with Gasteiger partial charge in [0, 0.05) is 55.4 Å². The van der Waals surface area contributed by atoms with Gasteiger partial charge in [0.2, 0.25) is 6.41 Å². The van der Waals surface area contributed by atoms with Gasteiger partial charge < -0.3 is 25.4 Å². The van der Waals surface area contributed by atoms with E-state index in [4.69, 9.17) is 0 Å². The van der Waals surface area contributed by atoms with Crippen molar-refractivity contribution in [1.82, 2.24) is 25.4 Å². The minimum absolute atomic E-state index is 0.241. The summed E-state index contributed by atoms with van der Waals surface area (Å²) in [5, 5.41) is 5.82. The molecule has 226 valence electrons. The molecule has 0 aliphatic carbocycles. The van der Waals surface area contributed by atoms with E-state index in [1.807, 2.05) is 11.8 Å². The molecule has 0 atom stereocenters. The Bertz CT molecular complexity index is 1340. The predicted molar refractivity (Wildman–Crippen MR) is 163 cm³/mol. The largest absolute Gasteiger partial charge is 0.382 e. The van der Waals surface area contributed by atoms with Gasteiger partial charge in [-0.3, -0.25) is 9.59 Å². The third-order valence-corrected chi connectivity index (χ3v) is 8.33. The van der Waals surface area contributed by atoms with Gasteiger partial charge in [-0.15, -0.1) is 0 Å². The fourth-order valence-electron chi connectivity index (χ4n) is 5.43. The molecule has 0 unspecified atom stereocenters. The van der Waals surface area contributed by atoms with Gasteiger partial charge in [-0.25, -0.2) is 8.78 Å². The SMILES string of the molecule is C\C(NCc1ccc(F)cc1)=C(F)/C=C1\CNC(=O)\C1=C/c1[nH]c(CCCN(C=O)CCN2CCCCC2)c(C)c1C. The first-order valence-electron chi connectivity index (χ1n) is 14.9. The molecule has 2 aromatic rings. The molecule has 1 aromatic heterocycles. The van der Waals surface area contributed by atoms with E-state index in [-0.39, 0.29) is 18.3 Å². The molecule has 1 aromatic carbocycles. The average Bonchev–Trinajstić information content (AvgIpc) is 3.47. The molecule has 3 heterocycles. The van der Waals surface area contributed by atoms with E-state index < -0.39 is 5.83 Å². The normalized spacial score (nSPS) is 18.4. The Labute approximate surface area is 247 Å². The number of H-pyrrole nitrogens is 1. The van der Waals surface area contributed by atoms with Crippen LogP contribution in [0, 0.1) is 19.7 Å². The molecular formula is C33H43F2N5O2. The van der Waals surface area contributed by atoms with Crippen LogP contribution in [0.1, 0.15) is 60.7 Å². The number of aromatic amines is 1. The second kappa shape index (κ2) is 15.0. The number of benzene rings is 1. The van der Waals surface area contributed by atoms with Gasteiger partial charge in [-0.05, 0) is 106 Å². The number of carbonyl (C=O) groups is 2. The zero-order chi connectivity index (χ0) is 30.1. The Morgan fingerprint density at radius 2 is 1.83 bits per heavy atom. The number of nitrogens with zero attached hydrogens (tertiary/aromatic N) is 2. The van der Waals surface area contributed by atoms with Crippen molar-refractivity contribution in [2.75, 3.05) is 39.3 Å². The Balaban J connectivity index is 1.38. The quantitative estimate of drug-likeness (QED) is 0.229. The van der Waals surface area contributed by atoms with Crippen molar-refractivity contribution in [3.63, 3.8) is 0 Å². The maximum Gasteiger partial charge on any atom is 0.251 e. The van der Waals surface area contributed by atoms with E-state index in [2.05, 4.69) is 27.4 Å². The second-order valence-electron chi connectivity index (χ2n) is 11.3. The Morgan fingerprint density at radius 1 is 1.10 bits per heavy atom. The summed E-state index contributed by atoms with van der Waals surface area (Å²) in [6.07, 6.45) is 9.54. The Morgan fingerprint density at radius 3 is 2.55 bits per heavy atom. The smallest absolute Gasteiger partial charge is 0.251 e. The predicted octanol–water partition coefficient (Wildman–Crippen LogP) is 5.08. The lowest BCUT2D eigenvalue weighted by atomic mass is 10.0. The van der Waals surface area contributed by atoms with Crippen molar-refractivity contribution in [2.45, 2.75) is 59.4 Å². The topological polar surface area (TPSA) is 80.5 Å². The molecule has 2 amide bonds. The molecule has 42 heavy (non-hydrogen) atoms. The lowest BCUT2D eigenvalue weighted by Gasteiger charge is -2.28. The van der Waals surface area contributed by atoms with Crippen LogP contribution in [0.25, 0.3) is 6.08 Å². The number of allylic oxidation sites excluding steroid dienone is 3. The molecule has 0 saturated carbocycles. The van der Waals surface area contributed by atoms with Crippen molar-refractivity contribution in [1.29, 1.82) is 0 Å². The van der Waals surface area contributed by atoms with Crippen molar-refractivity contribution in [3.8, 4) is 0 Å². The number of hydrogen-bond donors (Lipinski definition) is 3. The highest BCUT2D eigenvalue weighted by molar-refractivity contribution is 6.05. The van der Waals surface area contributed by atoms with Crippen LogP contribution >= 0.6 is 0 Å². The summed E-state index contributed by atoms with van der Waals surface area (Å²) < 4.78 is 28.2. The van der Waals surface area contributed by atoms with E-state index in [9.17, 15) is 14.0 Å². The van der Waals surface area contributed by atoms with Gasteiger partial charge in [0.05, 0.1) is 0 Å². The lowest BCUT2D eigenvalue weighted by molar-refractivity contribution is -0.118. The molecule has 2 aliphatic rings. The maximum absolute atomic E-state index is 15.1. The van der Waals surface area contributed by atoms with E-state index >= 15 is 4.39 Å². The van der Waals surface area contributed by atoms with Gasteiger partial charge in [0.25, 0.3) is 5.91 Å². The standard InChI is InChI=1S/C33H43F2N5O2/c1-23-24(2)32(38-31(23)8-7-15-40(22-41)17-16-39-13-5-4-6-14-39)19-29-27(21-37-33(29)42)18-30(35)25(3)36-20-26-9-11-28(34)12-10-26/h9-12,18-19,22,36,38H,4-8,13-17,20-21H2,1-3H3,(H,37,42)/b27-18+,29-19-,30-25-. The van der Waals surface area contributed by atoms with Crippen LogP contribution in [0.2, 0.25) is 0 Å². The van der Waals surface area contributed by atoms with E-state index in [1.54, 1.807) is 25.1 Å². The van der Waals surface area contributed by atoms with Crippen molar-refractivity contribution >= 4 is 18.4 Å². The van der Waals surface area contributed by atoms with Crippen LogP contribution < -0.4 is 10.6 Å². The molecule has 4 rings (SSSR count). The van der Waals surface area contributed by atoms with Gasteiger partial charge in [0.1, 0.15) is 11.6 Å². The molecule has 9 heteroatoms. The summed E-state index contributed by atoms with van der Waals surface area (Å²) >= 11 is 0. The number of likely N-dealkylation sites (tertiary alicyclic amines) is 1. The summed E-state index contributed by atoms with van der Waals surface area (Å²) in [6, 6.07) is 6.04. The lowest BCUT2D eigenvalue weighted by Crippen LogP contribution is -2.37. The van der Waals surface area contributed by atoms with Crippen LogP contribution in [0.15, 0.2) is 53.0 Å². The minimum Gasteiger partial charge on any atom is -0.382 e. The summed E-state index contributed by atoms with van der Waals surface area (Å²) in [7, 11) is 0. The third kappa shape index (κ3) is 8.41. The molecule has 0 radical (unpaired) electrons. The first-order chi connectivity index (χ1) is 20.2. The van der Waals surface area contributed by atoms with Gasteiger partial charge in [-0.2, -0.15) is 0 Å². The van der Waals surface area contributed by atoms with Crippen LogP contribution in [0.3, 0.4) is 0 Å². The fourth-order valence-corrected chi connectivity index (χ4v) is 5.43. The van der Waals surface area contributed by atoms with Crippen molar-refractivity contribution in [3.05, 3.63) is 86.9 Å². The highest BCUT2D eigenvalue weighted by Crippen LogP contribution is 2.26. The van der Waals surface area contributed by atoms with E-state index in [0.29, 0.717) is 29.9 Å². The molecule has 2 aliphatic heterocycles. The molecule has 3 N–H and O–H groups in total. The first kappa shape index (κ1) is 31.2. The van der Waals surface area contributed by atoms with Crippen LogP contribution in [-0.4, -0.2) is 66.4 Å². The number of amides is 2. The Hall–Kier alpha value is -3.72. The third-order valence-electron chi connectivity index (χ3n) is 8.33. The second-order valence-corrected chi connectivity index (χ2v) is 11.3. The molecular weight excluding hydrogens is 536 g/mol.